The van der Waals surface area contributed by atoms with E-state index in [0.29, 0.717) is 26.2 Å². The van der Waals surface area contributed by atoms with Gasteiger partial charge in [0.25, 0.3) is 0 Å². The summed E-state index contributed by atoms with van der Waals surface area (Å²) in [4.78, 5) is 40.7. The molecule has 24 heavy (non-hydrogen) atoms. The largest absolute Gasteiger partial charge is 0.450 e. The van der Waals surface area contributed by atoms with Crippen LogP contribution in [0.2, 0.25) is 0 Å². The molecule has 0 bridgehead atoms. The lowest BCUT2D eigenvalue weighted by molar-refractivity contribution is -0.124. The summed E-state index contributed by atoms with van der Waals surface area (Å²) in [5.74, 6) is -0.301. The van der Waals surface area contributed by atoms with E-state index in [1.54, 1.807) is 18.9 Å². The molecule has 3 atom stereocenters. The monoisotopic (exact) mass is 340 g/mol. The molecule has 3 aliphatic heterocycles. The first kappa shape index (κ1) is 16.9. The van der Waals surface area contributed by atoms with Crippen molar-refractivity contribution in [1.29, 1.82) is 0 Å². The number of urea groups is 1. The Hall–Kier alpha value is -1.91. The van der Waals surface area contributed by atoms with E-state index in [2.05, 4.69) is 20.9 Å². The molecule has 3 rings (SSSR count). The Kier molecular flexibility index (Phi) is 4.88. The van der Waals surface area contributed by atoms with Crippen LogP contribution in [0.4, 0.5) is 9.59 Å². The molecule has 0 aromatic carbocycles. The van der Waals surface area contributed by atoms with Crippen LogP contribution in [-0.4, -0.2) is 97.5 Å². The molecule has 10 heteroatoms. The zero-order chi connectivity index (χ0) is 17.3. The van der Waals surface area contributed by atoms with E-state index < -0.39 is 6.04 Å². The van der Waals surface area contributed by atoms with Crippen molar-refractivity contribution in [2.75, 3.05) is 46.4 Å². The molecule has 3 saturated heterocycles. The third-order valence-corrected chi connectivity index (χ3v) is 4.66. The van der Waals surface area contributed by atoms with Gasteiger partial charge in [0.05, 0.1) is 12.8 Å². The quantitative estimate of drug-likeness (QED) is 0.554. The highest BCUT2D eigenvalue weighted by molar-refractivity contribution is 6.00. The summed E-state index contributed by atoms with van der Waals surface area (Å²) < 4.78 is 5.01. The molecule has 3 aliphatic rings. The van der Waals surface area contributed by atoms with Crippen LogP contribution < -0.4 is 16.0 Å². The summed E-state index contributed by atoms with van der Waals surface area (Å²) in [7, 11) is 1.66. The zero-order valence-corrected chi connectivity index (χ0v) is 13.9. The number of fused-ring (bicyclic) bond motifs is 1. The highest BCUT2D eigenvalue weighted by atomic mass is 16.6. The van der Waals surface area contributed by atoms with Crippen LogP contribution >= 0.6 is 0 Å². The molecular formula is C14H24N6O4. The average molecular weight is 340 g/mol. The van der Waals surface area contributed by atoms with Gasteiger partial charge in [0.1, 0.15) is 12.2 Å². The Morgan fingerprint density at radius 1 is 1.21 bits per heavy atom. The van der Waals surface area contributed by atoms with Crippen LogP contribution in [-0.2, 0) is 9.53 Å². The van der Waals surface area contributed by atoms with Crippen molar-refractivity contribution >= 4 is 18.0 Å². The molecule has 0 saturated carbocycles. The molecule has 0 aromatic heterocycles. The van der Waals surface area contributed by atoms with Crippen LogP contribution in [0.25, 0.3) is 0 Å². The number of amides is 4. The summed E-state index contributed by atoms with van der Waals surface area (Å²) >= 11 is 0. The lowest BCUT2D eigenvalue weighted by Gasteiger charge is -2.35. The normalized spacial score (nSPS) is 31.0. The highest BCUT2D eigenvalue weighted by Crippen LogP contribution is 2.14. The average Bonchev–Trinajstić information content (AvgIpc) is 2.98. The van der Waals surface area contributed by atoms with E-state index in [4.69, 9.17) is 4.74 Å². The first-order valence-electron chi connectivity index (χ1n) is 8.23. The fourth-order valence-electron chi connectivity index (χ4n) is 3.30. The van der Waals surface area contributed by atoms with Gasteiger partial charge in [-0.1, -0.05) is 0 Å². The predicted molar refractivity (Wildman–Crippen MR) is 84.0 cm³/mol. The molecular weight excluding hydrogens is 316 g/mol. The Labute approximate surface area is 140 Å². The lowest BCUT2D eigenvalue weighted by Crippen LogP contribution is -2.64. The second-order valence-corrected chi connectivity index (χ2v) is 6.20. The molecule has 3 N–H and O–H groups in total. The molecule has 0 aromatic rings. The number of rotatable bonds is 3. The number of hydrogen-bond acceptors (Lipinski definition) is 7. The van der Waals surface area contributed by atoms with Crippen molar-refractivity contribution in [3.63, 3.8) is 0 Å². The van der Waals surface area contributed by atoms with E-state index >= 15 is 0 Å². The summed E-state index contributed by atoms with van der Waals surface area (Å²) in [6.07, 6.45) is -0.692. The van der Waals surface area contributed by atoms with Crippen molar-refractivity contribution in [2.45, 2.75) is 25.3 Å². The van der Waals surface area contributed by atoms with Crippen molar-refractivity contribution in [3.8, 4) is 0 Å². The van der Waals surface area contributed by atoms with E-state index in [9.17, 15) is 14.4 Å². The van der Waals surface area contributed by atoms with Crippen molar-refractivity contribution in [3.05, 3.63) is 0 Å². The second-order valence-electron chi connectivity index (χ2n) is 6.20. The fraction of sp³-hybridized carbons (Fsp3) is 0.786. The van der Waals surface area contributed by atoms with Crippen molar-refractivity contribution in [2.24, 2.45) is 0 Å². The van der Waals surface area contributed by atoms with Gasteiger partial charge < -0.3 is 14.5 Å². The maximum atomic E-state index is 11.9. The standard InChI is InChI=1S/C14H24N6O4/c1-3-24-14(23)20-6-4-19(5-7-20)8-9-15-10-11(16-9)18(2)13(22)17-12(10)21/h9-11,15-16H,3-8H2,1-2H3,(H,17,21,22). The minimum Gasteiger partial charge on any atom is -0.450 e. The third-order valence-electron chi connectivity index (χ3n) is 4.66. The van der Waals surface area contributed by atoms with Crippen LogP contribution in [0, 0.1) is 0 Å². The Morgan fingerprint density at radius 3 is 2.58 bits per heavy atom. The number of piperazine rings is 1. The fourth-order valence-corrected chi connectivity index (χ4v) is 3.30. The maximum Gasteiger partial charge on any atom is 0.409 e. The molecule has 0 aliphatic carbocycles. The number of hydrogen-bond donors (Lipinski definition) is 3. The summed E-state index contributed by atoms with van der Waals surface area (Å²) in [6.45, 7) is 5.60. The van der Waals surface area contributed by atoms with Crippen LogP contribution in [0.5, 0.6) is 0 Å². The maximum absolute atomic E-state index is 11.9. The molecule has 3 unspecified atom stereocenters. The van der Waals surface area contributed by atoms with E-state index in [1.807, 2.05) is 0 Å². The number of carbonyl (C=O) groups is 3. The Morgan fingerprint density at radius 2 is 1.92 bits per heavy atom. The minimum atomic E-state index is -0.446. The summed E-state index contributed by atoms with van der Waals surface area (Å²) in [6, 6.07) is -0.835. The Bertz CT molecular complexity index is 521. The second kappa shape index (κ2) is 6.91. The predicted octanol–water partition coefficient (Wildman–Crippen LogP) is -1.84. The molecule has 10 nitrogen and oxygen atoms in total. The minimum absolute atomic E-state index is 0.0896. The highest BCUT2D eigenvalue weighted by Gasteiger charge is 2.46. The van der Waals surface area contributed by atoms with Crippen LogP contribution in [0.3, 0.4) is 0 Å². The summed E-state index contributed by atoms with van der Waals surface area (Å²) in [5.41, 5.74) is 0. The third kappa shape index (κ3) is 3.30. The van der Waals surface area contributed by atoms with Gasteiger partial charge in [-0.2, -0.15) is 0 Å². The number of imide groups is 1. The lowest BCUT2D eigenvalue weighted by atomic mass is 10.2. The number of nitrogens with one attached hydrogen (secondary N) is 3. The molecule has 0 radical (unpaired) electrons. The molecule has 4 amide bonds. The number of likely N-dealkylation sites (N-methyl/N-ethyl adjacent to an activating group) is 1. The van der Waals surface area contributed by atoms with Gasteiger partial charge in [0.2, 0.25) is 5.91 Å². The smallest absolute Gasteiger partial charge is 0.409 e. The number of ether oxygens (including phenoxy) is 1. The van der Waals surface area contributed by atoms with E-state index in [1.165, 1.54) is 4.90 Å². The van der Waals surface area contributed by atoms with Gasteiger partial charge in [0.15, 0.2) is 0 Å². The SMILES string of the molecule is CCOC(=O)N1CCN(CC2NC3C(=O)NC(=O)N(C)C3N2)CC1. The number of nitrogens with zero attached hydrogens (tertiary/aromatic N) is 3. The molecule has 3 heterocycles. The van der Waals surface area contributed by atoms with Crippen molar-refractivity contribution in [1.82, 2.24) is 30.7 Å². The Balaban J connectivity index is 1.49. The van der Waals surface area contributed by atoms with Gasteiger partial charge >= 0.3 is 12.1 Å². The topological polar surface area (TPSA) is 106 Å². The first-order chi connectivity index (χ1) is 11.5. The zero-order valence-electron chi connectivity index (χ0n) is 13.9. The molecule has 3 fully saturated rings. The van der Waals surface area contributed by atoms with Gasteiger partial charge in [-0.3, -0.25) is 25.6 Å². The van der Waals surface area contributed by atoms with Crippen molar-refractivity contribution < 1.29 is 19.1 Å². The van der Waals surface area contributed by atoms with Crippen LogP contribution in [0.1, 0.15) is 6.92 Å². The van der Waals surface area contributed by atoms with Gasteiger partial charge in [-0.05, 0) is 6.92 Å². The number of carbonyl (C=O) groups excluding carboxylic acids is 3. The van der Waals surface area contributed by atoms with E-state index in [0.717, 1.165) is 13.1 Å². The van der Waals surface area contributed by atoms with Gasteiger partial charge in [-0.25, -0.2) is 9.59 Å². The first-order valence-corrected chi connectivity index (χ1v) is 8.23. The molecule has 0 spiro atoms. The van der Waals surface area contributed by atoms with Crippen LogP contribution in [0.15, 0.2) is 0 Å². The van der Waals surface area contributed by atoms with Gasteiger partial charge in [0, 0.05) is 39.8 Å². The molecule has 134 valence electrons. The summed E-state index contributed by atoms with van der Waals surface area (Å²) in [5, 5.41) is 8.85. The van der Waals surface area contributed by atoms with E-state index in [-0.39, 0.29) is 30.4 Å². The van der Waals surface area contributed by atoms with Gasteiger partial charge in [-0.15, -0.1) is 0 Å².